The second-order valence-corrected chi connectivity index (χ2v) is 8.60. The maximum absolute atomic E-state index is 13.3. The third-order valence-corrected chi connectivity index (χ3v) is 6.37. The summed E-state index contributed by atoms with van der Waals surface area (Å²) in [6.45, 7) is 0.627. The minimum Gasteiger partial charge on any atom is -0.345 e. The van der Waals surface area contributed by atoms with Gasteiger partial charge in [-0.05, 0) is 18.6 Å². The third-order valence-electron chi connectivity index (χ3n) is 3.83. The second kappa shape index (κ2) is 6.62. The number of alkyl halides is 4. The van der Waals surface area contributed by atoms with Gasteiger partial charge in [0.2, 0.25) is 5.78 Å². The Kier molecular flexibility index (Phi) is 4.78. The Labute approximate surface area is 150 Å². The lowest BCUT2D eigenvalue weighted by molar-refractivity contribution is -0.0436. The first-order chi connectivity index (χ1) is 12.1. The molecule has 0 N–H and O–H groups in total. The van der Waals surface area contributed by atoms with Crippen LogP contribution in [0.5, 0.6) is 0 Å². The van der Waals surface area contributed by atoms with E-state index in [0.29, 0.717) is 24.2 Å². The SMILES string of the molecule is O=C(c1cccc(S(=O)(=O)C(F)(F)F)c1)c1cnc(N2CCC(F)C2)s1. The number of aromatic nitrogens is 1. The van der Waals surface area contributed by atoms with Crippen LogP contribution in [-0.4, -0.2) is 44.0 Å². The van der Waals surface area contributed by atoms with Crippen molar-refractivity contribution >= 4 is 32.1 Å². The largest absolute Gasteiger partial charge is 0.501 e. The van der Waals surface area contributed by atoms with Crippen LogP contribution >= 0.6 is 11.3 Å². The number of hydrogen-bond donors (Lipinski definition) is 0. The highest BCUT2D eigenvalue weighted by atomic mass is 32.2. The van der Waals surface area contributed by atoms with Gasteiger partial charge in [-0.1, -0.05) is 23.5 Å². The summed E-state index contributed by atoms with van der Waals surface area (Å²) in [5.74, 6) is -0.649. The van der Waals surface area contributed by atoms with E-state index in [9.17, 15) is 30.8 Å². The molecule has 5 nitrogen and oxygen atoms in total. The Bertz CT molecular complexity index is 940. The number of thiazole rings is 1. The standard InChI is InChI=1S/C15H12F4N2O3S2/c16-10-4-5-21(8-10)14-20-7-12(25-14)13(22)9-2-1-3-11(6-9)26(23,24)15(17,18)19/h1-3,6-7,10H,4-5,8H2. The lowest BCUT2D eigenvalue weighted by atomic mass is 10.1. The van der Waals surface area contributed by atoms with Gasteiger partial charge in [-0.2, -0.15) is 13.2 Å². The number of carbonyl (C=O) groups is 1. The zero-order valence-electron chi connectivity index (χ0n) is 13.0. The maximum atomic E-state index is 13.3. The van der Waals surface area contributed by atoms with E-state index in [4.69, 9.17) is 0 Å². The Balaban J connectivity index is 1.87. The van der Waals surface area contributed by atoms with E-state index in [1.165, 1.54) is 12.3 Å². The molecule has 0 radical (unpaired) electrons. The number of carbonyl (C=O) groups excluding carboxylic acids is 1. The molecule has 2 aromatic rings. The van der Waals surface area contributed by atoms with Crippen LogP contribution in [0.4, 0.5) is 22.7 Å². The first-order valence-corrected chi connectivity index (χ1v) is 9.70. The van der Waals surface area contributed by atoms with Gasteiger partial charge in [-0.15, -0.1) is 0 Å². The molecule has 1 saturated heterocycles. The molecule has 3 rings (SSSR count). The number of sulfone groups is 1. The predicted octanol–water partition coefficient (Wildman–Crippen LogP) is 3.22. The zero-order chi connectivity index (χ0) is 19.1. The summed E-state index contributed by atoms with van der Waals surface area (Å²) in [4.78, 5) is 17.3. The van der Waals surface area contributed by atoms with E-state index < -0.39 is 32.2 Å². The molecule has 1 aliphatic rings. The Morgan fingerprint density at radius 3 is 2.65 bits per heavy atom. The fourth-order valence-corrected chi connectivity index (χ4v) is 4.21. The van der Waals surface area contributed by atoms with E-state index in [0.717, 1.165) is 23.5 Å². The van der Waals surface area contributed by atoms with E-state index in [-0.39, 0.29) is 17.0 Å². The lowest BCUT2D eigenvalue weighted by Crippen LogP contribution is -2.23. The molecular formula is C15H12F4N2O3S2. The topological polar surface area (TPSA) is 67.3 Å². The maximum Gasteiger partial charge on any atom is 0.501 e. The molecule has 1 atom stereocenters. The quantitative estimate of drug-likeness (QED) is 0.574. The second-order valence-electron chi connectivity index (χ2n) is 5.65. The normalized spacial score (nSPS) is 18.3. The van der Waals surface area contributed by atoms with Gasteiger partial charge in [0.25, 0.3) is 9.84 Å². The van der Waals surface area contributed by atoms with Gasteiger partial charge in [-0.25, -0.2) is 17.8 Å². The fraction of sp³-hybridized carbons (Fsp3) is 0.333. The lowest BCUT2D eigenvalue weighted by Gasteiger charge is -2.12. The number of anilines is 1. The Hall–Kier alpha value is -2.01. The predicted molar refractivity (Wildman–Crippen MR) is 87.0 cm³/mol. The van der Waals surface area contributed by atoms with Crippen molar-refractivity contribution in [1.29, 1.82) is 0 Å². The number of ketones is 1. The molecular weight excluding hydrogens is 396 g/mol. The van der Waals surface area contributed by atoms with Gasteiger partial charge in [-0.3, -0.25) is 4.79 Å². The van der Waals surface area contributed by atoms with Crippen LogP contribution in [0.3, 0.4) is 0 Å². The van der Waals surface area contributed by atoms with Crippen LogP contribution in [0.25, 0.3) is 0 Å². The number of halogens is 4. The van der Waals surface area contributed by atoms with E-state index in [2.05, 4.69) is 4.98 Å². The molecule has 0 amide bonds. The van der Waals surface area contributed by atoms with Crippen LogP contribution in [-0.2, 0) is 9.84 Å². The molecule has 11 heteroatoms. The smallest absolute Gasteiger partial charge is 0.345 e. The van der Waals surface area contributed by atoms with Crippen LogP contribution in [0.2, 0.25) is 0 Å². The Morgan fingerprint density at radius 2 is 2.04 bits per heavy atom. The summed E-state index contributed by atoms with van der Waals surface area (Å²) in [6, 6.07) is 3.77. The monoisotopic (exact) mass is 408 g/mol. The molecule has 0 spiro atoms. The highest BCUT2D eigenvalue weighted by molar-refractivity contribution is 7.92. The van der Waals surface area contributed by atoms with E-state index in [1.54, 1.807) is 4.90 Å². The minimum atomic E-state index is -5.54. The molecule has 140 valence electrons. The average molecular weight is 408 g/mol. The summed E-state index contributed by atoms with van der Waals surface area (Å²) in [7, 11) is -5.54. The first-order valence-electron chi connectivity index (χ1n) is 7.40. The molecule has 26 heavy (non-hydrogen) atoms. The molecule has 1 aromatic carbocycles. The third kappa shape index (κ3) is 3.45. The molecule has 0 saturated carbocycles. The van der Waals surface area contributed by atoms with Crippen molar-refractivity contribution in [2.24, 2.45) is 0 Å². The Morgan fingerprint density at radius 1 is 1.31 bits per heavy atom. The summed E-state index contributed by atoms with van der Waals surface area (Å²) >= 11 is 0.981. The molecule has 1 aromatic heterocycles. The average Bonchev–Trinajstić information content (AvgIpc) is 3.22. The van der Waals surface area contributed by atoms with Crippen LogP contribution < -0.4 is 4.90 Å². The number of rotatable bonds is 4. The molecule has 2 heterocycles. The van der Waals surface area contributed by atoms with Gasteiger partial charge in [0, 0.05) is 12.1 Å². The van der Waals surface area contributed by atoms with Gasteiger partial charge in [0.05, 0.1) is 22.5 Å². The highest BCUT2D eigenvalue weighted by Gasteiger charge is 2.47. The summed E-state index contributed by atoms with van der Waals surface area (Å²) in [5, 5.41) is 0.438. The molecule has 1 fully saturated rings. The van der Waals surface area contributed by atoms with Crippen molar-refractivity contribution in [1.82, 2.24) is 4.98 Å². The summed E-state index contributed by atoms with van der Waals surface area (Å²) in [6.07, 6.45) is 0.640. The van der Waals surface area contributed by atoms with E-state index >= 15 is 0 Å². The number of hydrogen-bond acceptors (Lipinski definition) is 6. The molecule has 1 unspecified atom stereocenters. The first kappa shape index (κ1) is 18.8. The van der Waals surface area contributed by atoms with Crippen molar-refractivity contribution in [2.75, 3.05) is 18.0 Å². The highest BCUT2D eigenvalue weighted by Crippen LogP contribution is 2.32. The van der Waals surface area contributed by atoms with Crippen molar-refractivity contribution < 1.29 is 30.8 Å². The van der Waals surface area contributed by atoms with Crippen LogP contribution in [0.1, 0.15) is 21.7 Å². The molecule has 0 aliphatic carbocycles. The van der Waals surface area contributed by atoms with Crippen LogP contribution in [0.15, 0.2) is 35.4 Å². The van der Waals surface area contributed by atoms with Crippen molar-refractivity contribution in [3.63, 3.8) is 0 Å². The molecule has 0 bridgehead atoms. The fourth-order valence-electron chi connectivity index (χ4n) is 2.49. The zero-order valence-corrected chi connectivity index (χ0v) is 14.7. The summed E-state index contributed by atoms with van der Waals surface area (Å²) in [5.41, 5.74) is -5.65. The van der Waals surface area contributed by atoms with Gasteiger partial charge in [0.1, 0.15) is 6.17 Å². The van der Waals surface area contributed by atoms with Gasteiger partial charge in [0.15, 0.2) is 5.13 Å². The van der Waals surface area contributed by atoms with E-state index in [1.807, 2.05) is 0 Å². The minimum absolute atomic E-state index is 0.129. The van der Waals surface area contributed by atoms with Crippen molar-refractivity contribution in [2.45, 2.75) is 23.0 Å². The number of nitrogens with zero attached hydrogens (tertiary/aromatic N) is 2. The summed E-state index contributed by atoms with van der Waals surface area (Å²) < 4.78 is 74.2. The van der Waals surface area contributed by atoms with Crippen molar-refractivity contribution in [3.8, 4) is 0 Å². The van der Waals surface area contributed by atoms with Gasteiger partial charge >= 0.3 is 5.51 Å². The van der Waals surface area contributed by atoms with Crippen LogP contribution in [0, 0.1) is 0 Å². The van der Waals surface area contributed by atoms with Crippen molar-refractivity contribution in [3.05, 3.63) is 40.9 Å². The number of benzene rings is 1. The van der Waals surface area contributed by atoms with Gasteiger partial charge < -0.3 is 4.90 Å². The molecule has 1 aliphatic heterocycles.